The first-order chi connectivity index (χ1) is 7.27. The van der Waals surface area contributed by atoms with Gasteiger partial charge in [0.05, 0.1) is 6.61 Å². The number of nitrogens with one attached hydrogen (secondary N) is 1. The van der Waals surface area contributed by atoms with E-state index in [4.69, 9.17) is 10.6 Å². The molecule has 1 unspecified atom stereocenters. The summed E-state index contributed by atoms with van der Waals surface area (Å²) in [4.78, 5) is 11.4. The van der Waals surface area contributed by atoms with Crippen LogP contribution >= 0.6 is 11.8 Å². The topological polar surface area (TPSA) is 64.3 Å². The van der Waals surface area contributed by atoms with Crippen molar-refractivity contribution in [1.82, 2.24) is 5.43 Å². The SMILES string of the molecule is COCC(SCC1CCCC1)C(=O)NN. The van der Waals surface area contributed by atoms with Gasteiger partial charge in [-0.25, -0.2) is 5.84 Å². The van der Waals surface area contributed by atoms with Gasteiger partial charge in [0.1, 0.15) is 5.25 Å². The summed E-state index contributed by atoms with van der Waals surface area (Å²) >= 11 is 1.66. The number of nitrogens with two attached hydrogens (primary N) is 1. The number of carbonyl (C=O) groups excluding carboxylic acids is 1. The van der Waals surface area contributed by atoms with E-state index >= 15 is 0 Å². The van der Waals surface area contributed by atoms with Gasteiger partial charge in [-0.3, -0.25) is 10.2 Å². The molecular weight excluding hydrogens is 212 g/mol. The molecule has 0 aliphatic heterocycles. The third kappa shape index (κ3) is 4.40. The third-order valence-electron chi connectivity index (χ3n) is 2.76. The molecule has 5 heteroatoms. The van der Waals surface area contributed by atoms with Crippen LogP contribution in [0.25, 0.3) is 0 Å². The number of hydrogen-bond donors (Lipinski definition) is 2. The summed E-state index contributed by atoms with van der Waals surface area (Å²) in [6.45, 7) is 0.431. The highest BCUT2D eigenvalue weighted by Gasteiger charge is 2.21. The molecule has 0 saturated heterocycles. The first-order valence-corrected chi connectivity index (χ1v) is 6.43. The molecule has 1 fully saturated rings. The summed E-state index contributed by atoms with van der Waals surface area (Å²) in [5.41, 5.74) is 2.19. The molecular formula is C10H20N2O2S. The Balaban J connectivity index is 2.26. The standard InChI is InChI=1S/C10H20N2O2S/c1-14-6-9(10(13)12-11)15-7-8-4-2-3-5-8/h8-9H,2-7,11H2,1H3,(H,12,13). The highest BCUT2D eigenvalue weighted by Crippen LogP contribution is 2.29. The highest BCUT2D eigenvalue weighted by atomic mass is 32.2. The zero-order chi connectivity index (χ0) is 11.1. The predicted octanol–water partition coefficient (Wildman–Crippen LogP) is 0.915. The zero-order valence-corrected chi connectivity index (χ0v) is 10.0. The third-order valence-corrected chi connectivity index (χ3v) is 4.18. The molecule has 0 aromatic rings. The molecule has 1 aliphatic carbocycles. The lowest BCUT2D eigenvalue weighted by Crippen LogP contribution is -2.40. The van der Waals surface area contributed by atoms with Crippen molar-refractivity contribution in [2.75, 3.05) is 19.5 Å². The normalized spacial score (nSPS) is 19.1. The second kappa shape index (κ2) is 7.09. The molecule has 15 heavy (non-hydrogen) atoms. The van der Waals surface area contributed by atoms with Gasteiger partial charge in [0.2, 0.25) is 5.91 Å². The molecule has 0 spiro atoms. The average Bonchev–Trinajstić information content (AvgIpc) is 2.76. The summed E-state index contributed by atoms with van der Waals surface area (Å²) < 4.78 is 5.00. The van der Waals surface area contributed by atoms with E-state index in [2.05, 4.69) is 5.43 Å². The van der Waals surface area contributed by atoms with Gasteiger partial charge >= 0.3 is 0 Å². The van der Waals surface area contributed by atoms with Crippen molar-refractivity contribution in [3.05, 3.63) is 0 Å². The van der Waals surface area contributed by atoms with Crippen LogP contribution in [-0.2, 0) is 9.53 Å². The quantitative estimate of drug-likeness (QED) is 0.406. The molecule has 1 rings (SSSR count). The van der Waals surface area contributed by atoms with Gasteiger partial charge in [-0.05, 0) is 24.5 Å². The number of rotatable bonds is 6. The number of hydrazine groups is 1. The molecule has 0 aromatic heterocycles. The fraction of sp³-hybridized carbons (Fsp3) is 0.900. The van der Waals surface area contributed by atoms with E-state index in [1.807, 2.05) is 0 Å². The van der Waals surface area contributed by atoms with Crippen molar-refractivity contribution in [2.24, 2.45) is 11.8 Å². The minimum Gasteiger partial charge on any atom is -0.383 e. The van der Waals surface area contributed by atoms with Crippen LogP contribution < -0.4 is 11.3 Å². The van der Waals surface area contributed by atoms with Crippen LogP contribution in [0, 0.1) is 5.92 Å². The molecule has 1 saturated carbocycles. The van der Waals surface area contributed by atoms with E-state index in [1.54, 1.807) is 18.9 Å². The minimum absolute atomic E-state index is 0.139. The summed E-state index contributed by atoms with van der Waals surface area (Å²) in [5.74, 6) is 6.80. The Kier molecular flexibility index (Phi) is 6.05. The summed E-state index contributed by atoms with van der Waals surface area (Å²) in [7, 11) is 1.60. The van der Waals surface area contributed by atoms with Crippen LogP contribution in [0.2, 0.25) is 0 Å². The average molecular weight is 232 g/mol. The number of carbonyl (C=O) groups is 1. The van der Waals surface area contributed by atoms with E-state index < -0.39 is 0 Å². The molecule has 1 atom stereocenters. The molecule has 1 aliphatic rings. The number of ether oxygens (including phenoxy) is 1. The fourth-order valence-corrected chi connectivity index (χ4v) is 3.16. The second-order valence-corrected chi connectivity index (χ2v) is 5.17. The van der Waals surface area contributed by atoms with Gasteiger partial charge in [-0.2, -0.15) is 0 Å². The molecule has 0 radical (unpaired) electrons. The van der Waals surface area contributed by atoms with Crippen molar-refractivity contribution < 1.29 is 9.53 Å². The summed E-state index contributed by atoms with van der Waals surface area (Å²) in [6, 6.07) is 0. The number of methoxy groups -OCH3 is 1. The molecule has 3 N–H and O–H groups in total. The molecule has 1 amide bonds. The Labute approximate surface area is 95.3 Å². The maximum atomic E-state index is 11.4. The Morgan fingerprint density at radius 2 is 2.27 bits per heavy atom. The lowest BCUT2D eigenvalue weighted by atomic mass is 10.1. The maximum Gasteiger partial charge on any atom is 0.249 e. The Hall–Kier alpha value is -0.260. The van der Waals surface area contributed by atoms with Gasteiger partial charge in [0.25, 0.3) is 0 Å². The minimum atomic E-state index is -0.166. The van der Waals surface area contributed by atoms with E-state index in [0.29, 0.717) is 6.61 Å². The largest absolute Gasteiger partial charge is 0.383 e. The first-order valence-electron chi connectivity index (χ1n) is 5.39. The van der Waals surface area contributed by atoms with Crippen molar-refractivity contribution >= 4 is 17.7 Å². The number of hydrogen-bond acceptors (Lipinski definition) is 4. The maximum absolute atomic E-state index is 11.4. The van der Waals surface area contributed by atoms with Gasteiger partial charge in [0, 0.05) is 7.11 Å². The molecule has 0 aromatic carbocycles. The monoisotopic (exact) mass is 232 g/mol. The van der Waals surface area contributed by atoms with E-state index in [9.17, 15) is 4.79 Å². The van der Waals surface area contributed by atoms with Crippen LogP contribution in [0.3, 0.4) is 0 Å². The van der Waals surface area contributed by atoms with Crippen molar-refractivity contribution in [3.8, 4) is 0 Å². The Morgan fingerprint density at radius 1 is 1.60 bits per heavy atom. The fourth-order valence-electron chi connectivity index (χ4n) is 1.87. The Morgan fingerprint density at radius 3 is 2.80 bits per heavy atom. The van der Waals surface area contributed by atoms with Crippen molar-refractivity contribution in [1.29, 1.82) is 0 Å². The van der Waals surface area contributed by atoms with Crippen LogP contribution in [0.5, 0.6) is 0 Å². The second-order valence-electron chi connectivity index (χ2n) is 3.94. The van der Waals surface area contributed by atoms with Gasteiger partial charge in [0.15, 0.2) is 0 Å². The molecule has 88 valence electrons. The van der Waals surface area contributed by atoms with Crippen LogP contribution in [0.1, 0.15) is 25.7 Å². The van der Waals surface area contributed by atoms with Crippen molar-refractivity contribution in [3.63, 3.8) is 0 Å². The molecule has 0 heterocycles. The van der Waals surface area contributed by atoms with Gasteiger partial charge in [-0.1, -0.05) is 12.8 Å². The first kappa shape index (κ1) is 12.8. The van der Waals surface area contributed by atoms with Crippen LogP contribution in [-0.4, -0.2) is 30.6 Å². The van der Waals surface area contributed by atoms with Crippen molar-refractivity contribution in [2.45, 2.75) is 30.9 Å². The van der Waals surface area contributed by atoms with E-state index in [1.165, 1.54) is 25.7 Å². The van der Waals surface area contributed by atoms with Crippen LogP contribution in [0.15, 0.2) is 0 Å². The summed E-state index contributed by atoms with van der Waals surface area (Å²) in [6.07, 6.45) is 5.28. The van der Waals surface area contributed by atoms with Gasteiger partial charge in [-0.15, -0.1) is 11.8 Å². The lowest BCUT2D eigenvalue weighted by molar-refractivity contribution is -0.121. The lowest BCUT2D eigenvalue weighted by Gasteiger charge is -2.16. The molecule has 0 bridgehead atoms. The molecule has 4 nitrogen and oxygen atoms in total. The van der Waals surface area contributed by atoms with E-state index in [0.717, 1.165) is 11.7 Å². The van der Waals surface area contributed by atoms with Gasteiger partial charge < -0.3 is 4.74 Å². The predicted molar refractivity (Wildman–Crippen MR) is 62.4 cm³/mol. The Bertz CT molecular complexity index is 196. The smallest absolute Gasteiger partial charge is 0.249 e. The zero-order valence-electron chi connectivity index (χ0n) is 9.20. The summed E-state index contributed by atoms with van der Waals surface area (Å²) in [5, 5.41) is -0.166. The number of thioether (sulfide) groups is 1. The highest BCUT2D eigenvalue weighted by molar-refractivity contribution is 8.00. The van der Waals surface area contributed by atoms with Crippen LogP contribution in [0.4, 0.5) is 0 Å². The van der Waals surface area contributed by atoms with E-state index in [-0.39, 0.29) is 11.2 Å². The number of amides is 1.